The molecule has 2 aliphatic carbocycles. The predicted molar refractivity (Wildman–Crippen MR) is 173 cm³/mol. The largest absolute Gasteiger partial charge is 0.478 e. The molecule has 248 valence electrons. The van der Waals surface area contributed by atoms with Gasteiger partial charge in [-0.3, -0.25) is 9.59 Å². The van der Waals surface area contributed by atoms with Gasteiger partial charge in [-0.1, -0.05) is 48.9 Å². The molecule has 2 saturated carbocycles. The summed E-state index contributed by atoms with van der Waals surface area (Å²) in [6.45, 7) is 9.51. The van der Waals surface area contributed by atoms with E-state index in [1.807, 2.05) is 6.92 Å². The van der Waals surface area contributed by atoms with E-state index >= 15 is 0 Å². The van der Waals surface area contributed by atoms with E-state index in [1.165, 1.54) is 31.2 Å². The first kappa shape index (κ1) is 33.9. The molecule has 0 aromatic heterocycles. The van der Waals surface area contributed by atoms with E-state index < -0.39 is 46.9 Å². The van der Waals surface area contributed by atoms with Crippen LogP contribution in [0, 0.1) is 22.7 Å². The lowest BCUT2D eigenvalue weighted by Gasteiger charge is -2.59. The standard InChI is InChI=1S/C36H38ClNO9/c1-20-9-16-29-35(3,18-17-30(46-21(2)39)36(29,4)34(44)38-23-12-10-22(37)11-13-23)27(20)15-14-26-28(19-45-32(26)42)47-33(43)25-8-6-5-7-24(25)31(40)41/h5-8,10-14,27-30H,1,9,15-19H2,2-4H3,(H,38,44)(H,40,41)/b26-14+/t27-,28-,29+,30-,35+,36+/m1/s1. The van der Waals surface area contributed by atoms with E-state index in [0.717, 1.165) is 5.57 Å². The average Bonchev–Trinajstić information content (AvgIpc) is 3.37. The lowest BCUT2D eigenvalue weighted by atomic mass is 9.45. The van der Waals surface area contributed by atoms with Crippen LogP contribution in [0.1, 0.15) is 73.6 Å². The zero-order chi connectivity index (χ0) is 34.1. The number of rotatable bonds is 8. The molecular formula is C36H38ClNO9. The van der Waals surface area contributed by atoms with Gasteiger partial charge >= 0.3 is 23.9 Å². The van der Waals surface area contributed by atoms with E-state index in [4.69, 9.17) is 25.8 Å². The Hall–Kier alpha value is -4.44. The lowest BCUT2D eigenvalue weighted by molar-refractivity contribution is -0.181. The van der Waals surface area contributed by atoms with Gasteiger partial charge in [0.25, 0.3) is 0 Å². The summed E-state index contributed by atoms with van der Waals surface area (Å²) in [4.78, 5) is 63.8. The normalized spacial score (nSPS) is 29.4. The number of carboxylic acids is 1. The Labute approximate surface area is 278 Å². The van der Waals surface area contributed by atoms with Gasteiger partial charge in [0.15, 0.2) is 6.10 Å². The van der Waals surface area contributed by atoms with Gasteiger partial charge < -0.3 is 24.6 Å². The van der Waals surface area contributed by atoms with Crippen molar-refractivity contribution in [2.24, 2.45) is 22.7 Å². The molecule has 2 N–H and O–H groups in total. The van der Waals surface area contributed by atoms with Crippen molar-refractivity contribution in [1.29, 1.82) is 0 Å². The van der Waals surface area contributed by atoms with Gasteiger partial charge in [0.05, 0.1) is 22.1 Å². The van der Waals surface area contributed by atoms with Crippen LogP contribution in [0.5, 0.6) is 0 Å². The zero-order valence-corrected chi connectivity index (χ0v) is 27.3. The fraction of sp³-hybridized carbons (Fsp3) is 0.417. The minimum atomic E-state index is -1.28. The van der Waals surface area contributed by atoms with Crippen molar-refractivity contribution in [2.45, 2.75) is 65.1 Å². The van der Waals surface area contributed by atoms with Crippen molar-refractivity contribution in [2.75, 3.05) is 11.9 Å². The maximum absolute atomic E-state index is 14.2. The molecule has 1 aliphatic heterocycles. The van der Waals surface area contributed by atoms with Gasteiger partial charge in [0, 0.05) is 17.6 Å². The van der Waals surface area contributed by atoms with Crippen LogP contribution in [-0.4, -0.2) is 53.7 Å². The molecule has 1 saturated heterocycles. The fourth-order valence-electron chi connectivity index (χ4n) is 7.82. The summed E-state index contributed by atoms with van der Waals surface area (Å²) in [6.07, 6.45) is 2.76. The van der Waals surface area contributed by atoms with E-state index in [1.54, 1.807) is 30.3 Å². The molecule has 0 unspecified atom stereocenters. The molecule has 1 amide bonds. The predicted octanol–water partition coefficient (Wildman–Crippen LogP) is 6.40. The molecule has 47 heavy (non-hydrogen) atoms. The van der Waals surface area contributed by atoms with Gasteiger partial charge in [-0.15, -0.1) is 0 Å². The Bertz CT molecular complexity index is 1650. The Morgan fingerprint density at radius 1 is 1.06 bits per heavy atom. The van der Waals surface area contributed by atoms with Gasteiger partial charge in [0.1, 0.15) is 12.7 Å². The third kappa shape index (κ3) is 6.56. The number of carbonyl (C=O) groups excluding carboxylic acids is 4. The first-order valence-corrected chi connectivity index (χ1v) is 16.0. The summed E-state index contributed by atoms with van der Waals surface area (Å²) in [6, 6.07) is 12.5. The number of fused-ring (bicyclic) bond motifs is 1. The highest BCUT2D eigenvalue weighted by molar-refractivity contribution is 6.30. The van der Waals surface area contributed by atoms with Gasteiger partial charge in [0.2, 0.25) is 5.91 Å². The fourth-order valence-corrected chi connectivity index (χ4v) is 7.94. The first-order valence-electron chi connectivity index (χ1n) is 15.6. The Morgan fingerprint density at radius 2 is 1.74 bits per heavy atom. The Balaban J connectivity index is 1.42. The third-order valence-corrected chi connectivity index (χ3v) is 10.5. The van der Waals surface area contributed by atoms with Crippen LogP contribution in [0.15, 0.2) is 72.3 Å². The second kappa shape index (κ2) is 13.4. The smallest absolute Gasteiger partial charge is 0.339 e. The van der Waals surface area contributed by atoms with Crippen LogP contribution in [-0.2, 0) is 28.6 Å². The number of esters is 3. The van der Waals surface area contributed by atoms with Gasteiger partial charge in [-0.05, 0) is 92.7 Å². The molecule has 3 fully saturated rings. The zero-order valence-electron chi connectivity index (χ0n) is 26.5. The second-order valence-corrected chi connectivity index (χ2v) is 13.4. The van der Waals surface area contributed by atoms with Gasteiger partial charge in [-0.2, -0.15) is 0 Å². The van der Waals surface area contributed by atoms with Crippen LogP contribution in [0.4, 0.5) is 5.69 Å². The number of hydrogen-bond acceptors (Lipinski definition) is 8. The van der Waals surface area contributed by atoms with Crippen LogP contribution in [0.2, 0.25) is 5.02 Å². The second-order valence-electron chi connectivity index (χ2n) is 12.9. The van der Waals surface area contributed by atoms with Crippen LogP contribution in [0.3, 0.4) is 0 Å². The Kier molecular flexibility index (Phi) is 9.63. The number of halogens is 1. The van der Waals surface area contributed by atoms with Crippen LogP contribution >= 0.6 is 11.6 Å². The molecular weight excluding hydrogens is 626 g/mol. The molecule has 2 aromatic carbocycles. The van der Waals surface area contributed by atoms with Crippen molar-refractivity contribution >= 4 is 47.1 Å². The lowest BCUT2D eigenvalue weighted by Crippen LogP contribution is -2.61. The number of benzene rings is 2. The number of nitrogens with one attached hydrogen (secondary N) is 1. The minimum Gasteiger partial charge on any atom is -0.478 e. The van der Waals surface area contributed by atoms with Crippen LogP contribution < -0.4 is 5.32 Å². The van der Waals surface area contributed by atoms with Crippen molar-refractivity contribution in [3.05, 3.63) is 88.5 Å². The molecule has 0 spiro atoms. The monoisotopic (exact) mass is 663 g/mol. The van der Waals surface area contributed by atoms with E-state index in [9.17, 15) is 29.1 Å². The highest BCUT2D eigenvalue weighted by atomic mass is 35.5. The van der Waals surface area contributed by atoms with Crippen molar-refractivity contribution < 1.29 is 43.3 Å². The number of anilines is 1. The highest BCUT2D eigenvalue weighted by Crippen LogP contribution is 2.62. The summed E-state index contributed by atoms with van der Waals surface area (Å²) in [5, 5.41) is 13.1. The summed E-state index contributed by atoms with van der Waals surface area (Å²) in [5.41, 5.74) is -0.184. The molecule has 11 heteroatoms. The number of amides is 1. The van der Waals surface area contributed by atoms with E-state index in [0.29, 0.717) is 42.8 Å². The number of aromatic carboxylic acids is 1. The van der Waals surface area contributed by atoms with E-state index in [-0.39, 0.29) is 41.0 Å². The number of hydrogen-bond donors (Lipinski definition) is 2. The topological polar surface area (TPSA) is 145 Å². The van der Waals surface area contributed by atoms with E-state index in [2.05, 4.69) is 18.8 Å². The summed E-state index contributed by atoms with van der Waals surface area (Å²) >= 11 is 6.05. The summed E-state index contributed by atoms with van der Waals surface area (Å²) in [5.74, 6) is -3.88. The minimum absolute atomic E-state index is 0.129. The van der Waals surface area contributed by atoms with Crippen molar-refractivity contribution in [1.82, 2.24) is 0 Å². The van der Waals surface area contributed by atoms with Crippen molar-refractivity contribution in [3.8, 4) is 0 Å². The molecule has 0 bridgehead atoms. The maximum atomic E-state index is 14.2. The first-order chi connectivity index (χ1) is 22.2. The Morgan fingerprint density at radius 3 is 2.40 bits per heavy atom. The molecule has 10 nitrogen and oxygen atoms in total. The number of ether oxygens (including phenoxy) is 3. The van der Waals surface area contributed by atoms with Crippen molar-refractivity contribution in [3.63, 3.8) is 0 Å². The number of carboxylic acid groups (broad SMARTS) is 1. The third-order valence-electron chi connectivity index (χ3n) is 10.2. The maximum Gasteiger partial charge on any atom is 0.339 e. The van der Waals surface area contributed by atoms with Crippen LogP contribution in [0.25, 0.3) is 0 Å². The molecule has 6 atom stereocenters. The summed E-state index contributed by atoms with van der Waals surface area (Å²) < 4.78 is 16.6. The quantitative estimate of drug-likeness (QED) is 0.142. The number of allylic oxidation sites excluding steroid dienone is 2. The number of cyclic esters (lactones) is 1. The molecule has 3 aliphatic rings. The molecule has 2 aromatic rings. The average molecular weight is 664 g/mol. The molecule has 1 heterocycles. The number of carbonyl (C=O) groups is 5. The SMILES string of the molecule is C=C1CC[C@H]2[C@@](C)(CC[C@@H](OC(C)=O)[C@@]2(C)C(=O)Nc2ccc(Cl)cc2)[C@@H]1C/C=C1/C(=O)OC[C@H]1OC(=O)c1ccccc1C(=O)O. The highest BCUT2D eigenvalue weighted by Gasteiger charge is 2.62. The molecule has 5 rings (SSSR count). The summed E-state index contributed by atoms with van der Waals surface area (Å²) in [7, 11) is 0. The molecule has 0 radical (unpaired) electrons. The van der Waals surface area contributed by atoms with Gasteiger partial charge in [-0.25, -0.2) is 14.4 Å².